The van der Waals surface area contributed by atoms with Crippen LogP contribution in [0.2, 0.25) is 9.36 Å². The molecule has 0 aliphatic carbocycles. The number of rotatable bonds is 3. The Balaban J connectivity index is 2.14. The summed E-state index contributed by atoms with van der Waals surface area (Å²) in [6.07, 6.45) is 0.788. The molecule has 0 spiro atoms. The van der Waals surface area contributed by atoms with Crippen LogP contribution in [-0.4, -0.2) is 0 Å². The Labute approximate surface area is 115 Å². The molecular formula is C13H13Cl2NS. The fourth-order valence-electron chi connectivity index (χ4n) is 1.64. The minimum Gasteiger partial charge on any atom is -0.324 e. The van der Waals surface area contributed by atoms with E-state index >= 15 is 0 Å². The largest absolute Gasteiger partial charge is 0.324 e. The van der Waals surface area contributed by atoms with Crippen LogP contribution < -0.4 is 5.73 Å². The first kappa shape index (κ1) is 12.9. The zero-order valence-electron chi connectivity index (χ0n) is 9.41. The number of nitrogens with two attached hydrogens (primary N) is 1. The number of hydrogen-bond donors (Lipinski definition) is 1. The monoisotopic (exact) mass is 285 g/mol. The summed E-state index contributed by atoms with van der Waals surface area (Å²) in [7, 11) is 0. The van der Waals surface area contributed by atoms with E-state index in [1.807, 2.05) is 37.3 Å². The number of aryl methyl sites for hydroxylation is 1. The molecule has 0 radical (unpaired) electrons. The predicted molar refractivity (Wildman–Crippen MR) is 76.2 cm³/mol. The highest BCUT2D eigenvalue weighted by atomic mass is 35.5. The van der Waals surface area contributed by atoms with E-state index in [0.717, 1.165) is 26.9 Å². The first-order valence-electron chi connectivity index (χ1n) is 5.32. The molecule has 1 aromatic heterocycles. The Morgan fingerprint density at radius 1 is 1.24 bits per heavy atom. The van der Waals surface area contributed by atoms with E-state index in [9.17, 15) is 0 Å². The summed E-state index contributed by atoms with van der Waals surface area (Å²) in [5.41, 5.74) is 8.29. The molecule has 2 rings (SSSR count). The van der Waals surface area contributed by atoms with Crippen LogP contribution in [0.3, 0.4) is 0 Å². The lowest BCUT2D eigenvalue weighted by Gasteiger charge is -2.12. The molecule has 0 saturated heterocycles. The molecule has 17 heavy (non-hydrogen) atoms. The van der Waals surface area contributed by atoms with Gasteiger partial charge >= 0.3 is 0 Å². The van der Waals surface area contributed by atoms with Gasteiger partial charge in [0.1, 0.15) is 0 Å². The van der Waals surface area contributed by atoms with Crippen LogP contribution in [0.1, 0.15) is 22.0 Å². The summed E-state index contributed by atoms with van der Waals surface area (Å²) in [5.74, 6) is 0. The average Bonchev–Trinajstić information content (AvgIpc) is 2.68. The zero-order valence-corrected chi connectivity index (χ0v) is 11.7. The maximum Gasteiger partial charge on any atom is 0.0931 e. The molecule has 0 amide bonds. The first-order chi connectivity index (χ1) is 8.06. The van der Waals surface area contributed by atoms with Gasteiger partial charge in [-0.3, -0.25) is 0 Å². The third kappa shape index (κ3) is 3.23. The maximum absolute atomic E-state index is 6.16. The second kappa shape index (κ2) is 5.40. The van der Waals surface area contributed by atoms with Crippen LogP contribution in [0.25, 0.3) is 0 Å². The Hall–Kier alpha value is -0.540. The van der Waals surface area contributed by atoms with Crippen molar-refractivity contribution in [2.45, 2.75) is 19.4 Å². The summed E-state index contributed by atoms with van der Waals surface area (Å²) in [6, 6.07) is 9.85. The minimum atomic E-state index is -0.0391. The van der Waals surface area contributed by atoms with Gasteiger partial charge in [-0.1, -0.05) is 35.3 Å². The van der Waals surface area contributed by atoms with E-state index in [2.05, 4.69) is 0 Å². The Kier molecular flexibility index (Phi) is 4.10. The lowest BCUT2D eigenvalue weighted by atomic mass is 10.0. The summed E-state index contributed by atoms with van der Waals surface area (Å²) in [6.45, 7) is 1.98. The molecule has 90 valence electrons. The van der Waals surface area contributed by atoms with Gasteiger partial charge in [-0.15, -0.1) is 11.3 Å². The normalized spacial score (nSPS) is 12.7. The molecule has 1 unspecified atom stereocenters. The molecule has 0 saturated carbocycles. The van der Waals surface area contributed by atoms with Crippen molar-refractivity contribution < 1.29 is 0 Å². The van der Waals surface area contributed by atoms with Gasteiger partial charge in [0.25, 0.3) is 0 Å². The molecular weight excluding hydrogens is 273 g/mol. The van der Waals surface area contributed by atoms with E-state index in [1.165, 1.54) is 4.88 Å². The summed E-state index contributed by atoms with van der Waals surface area (Å²) < 4.78 is 0.800. The van der Waals surface area contributed by atoms with Gasteiger partial charge in [-0.25, -0.2) is 0 Å². The predicted octanol–water partition coefficient (Wildman–Crippen LogP) is 4.61. The van der Waals surface area contributed by atoms with Gasteiger partial charge in [0.15, 0.2) is 0 Å². The van der Waals surface area contributed by atoms with Crippen molar-refractivity contribution in [2.75, 3.05) is 0 Å². The molecule has 0 bridgehead atoms. The highest BCUT2D eigenvalue weighted by molar-refractivity contribution is 7.16. The topological polar surface area (TPSA) is 26.0 Å². The van der Waals surface area contributed by atoms with Crippen molar-refractivity contribution >= 4 is 34.5 Å². The maximum atomic E-state index is 6.16. The van der Waals surface area contributed by atoms with Crippen LogP contribution >= 0.6 is 34.5 Å². The summed E-state index contributed by atoms with van der Waals surface area (Å²) >= 11 is 13.6. The Bertz CT molecular complexity index is 522. The standard InChI is InChI=1S/C13H13Cl2NS/c1-8-2-3-9(6-11(8)14)12(16)7-10-4-5-13(15)17-10/h2-6,12H,7,16H2,1H3. The Morgan fingerprint density at radius 2 is 2.00 bits per heavy atom. The lowest BCUT2D eigenvalue weighted by molar-refractivity contribution is 0.730. The fourth-order valence-corrected chi connectivity index (χ4v) is 2.97. The molecule has 2 aromatic rings. The molecule has 1 heterocycles. The second-order valence-corrected chi connectivity index (χ2v) is 6.23. The molecule has 1 atom stereocenters. The van der Waals surface area contributed by atoms with Crippen molar-refractivity contribution in [1.29, 1.82) is 0 Å². The van der Waals surface area contributed by atoms with Crippen LogP contribution in [0.4, 0.5) is 0 Å². The molecule has 0 fully saturated rings. The van der Waals surface area contributed by atoms with Gasteiger partial charge in [0.2, 0.25) is 0 Å². The second-order valence-electron chi connectivity index (χ2n) is 4.03. The van der Waals surface area contributed by atoms with E-state index in [0.29, 0.717) is 0 Å². The van der Waals surface area contributed by atoms with Crippen LogP contribution in [0.15, 0.2) is 30.3 Å². The number of halogens is 2. The minimum absolute atomic E-state index is 0.0391. The lowest BCUT2D eigenvalue weighted by Crippen LogP contribution is -2.12. The van der Waals surface area contributed by atoms with Crippen molar-refractivity contribution in [2.24, 2.45) is 5.73 Å². The third-order valence-corrected chi connectivity index (χ3v) is 4.33. The number of hydrogen-bond acceptors (Lipinski definition) is 2. The van der Waals surface area contributed by atoms with Crippen molar-refractivity contribution in [1.82, 2.24) is 0 Å². The van der Waals surface area contributed by atoms with Crippen LogP contribution in [0.5, 0.6) is 0 Å². The van der Waals surface area contributed by atoms with Gasteiger partial charge in [0, 0.05) is 22.4 Å². The van der Waals surface area contributed by atoms with E-state index in [-0.39, 0.29) is 6.04 Å². The Morgan fingerprint density at radius 3 is 2.59 bits per heavy atom. The highest BCUT2D eigenvalue weighted by Gasteiger charge is 2.10. The van der Waals surface area contributed by atoms with Gasteiger partial charge in [0.05, 0.1) is 4.34 Å². The molecule has 2 N–H and O–H groups in total. The summed E-state index contributed by atoms with van der Waals surface area (Å²) in [5, 5.41) is 0.766. The van der Waals surface area contributed by atoms with Crippen molar-refractivity contribution in [3.63, 3.8) is 0 Å². The first-order valence-corrected chi connectivity index (χ1v) is 6.89. The van der Waals surface area contributed by atoms with Gasteiger partial charge in [-0.2, -0.15) is 0 Å². The SMILES string of the molecule is Cc1ccc(C(N)Cc2ccc(Cl)s2)cc1Cl. The molecule has 0 aliphatic rings. The quantitative estimate of drug-likeness (QED) is 0.876. The van der Waals surface area contributed by atoms with Gasteiger partial charge < -0.3 is 5.73 Å². The van der Waals surface area contributed by atoms with Crippen molar-refractivity contribution in [3.05, 3.63) is 55.7 Å². The van der Waals surface area contributed by atoms with Gasteiger partial charge in [-0.05, 0) is 36.2 Å². The van der Waals surface area contributed by atoms with E-state index in [1.54, 1.807) is 11.3 Å². The van der Waals surface area contributed by atoms with Crippen molar-refractivity contribution in [3.8, 4) is 0 Å². The van der Waals surface area contributed by atoms with Crippen LogP contribution in [0, 0.1) is 6.92 Å². The number of benzene rings is 1. The zero-order chi connectivity index (χ0) is 12.4. The third-order valence-electron chi connectivity index (χ3n) is 2.67. The highest BCUT2D eigenvalue weighted by Crippen LogP contribution is 2.27. The fraction of sp³-hybridized carbons (Fsp3) is 0.231. The molecule has 1 aromatic carbocycles. The average molecular weight is 286 g/mol. The summed E-state index contributed by atoms with van der Waals surface area (Å²) in [4.78, 5) is 1.19. The number of thiophene rings is 1. The smallest absolute Gasteiger partial charge is 0.0931 e. The molecule has 1 nitrogen and oxygen atoms in total. The van der Waals surface area contributed by atoms with E-state index in [4.69, 9.17) is 28.9 Å². The molecule has 0 aliphatic heterocycles. The molecule has 4 heteroatoms. The van der Waals surface area contributed by atoms with E-state index < -0.39 is 0 Å². The van der Waals surface area contributed by atoms with Crippen LogP contribution in [-0.2, 0) is 6.42 Å².